The molecule has 19 heavy (non-hydrogen) atoms. The molecule has 1 saturated heterocycles. The van der Waals surface area contributed by atoms with Crippen LogP contribution >= 0.6 is 27.5 Å². The lowest BCUT2D eigenvalue weighted by Crippen LogP contribution is -2.25. The summed E-state index contributed by atoms with van der Waals surface area (Å²) in [6.07, 6.45) is 0.166. The van der Waals surface area contributed by atoms with Crippen molar-refractivity contribution < 1.29 is 14.0 Å². The van der Waals surface area contributed by atoms with E-state index in [1.807, 2.05) is 0 Å². The van der Waals surface area contributed by atoms with E-state index in [1.54, 1.807) is 7.05 Å². The Morgan fingerprint density at radius 3 is 2.84 bits per heavy atom. The summed E-state index contributed by atoms with van der Waals surface area (Å²) < 4.78 is 13.6. The van der Waals surface area contributed by atoms with Gasteiger partial charge in [-0.25, -0.2) is 4.39 Å². The van der Waals surface area contributed by atoms with Crippen LogP contribution in [0.2, 0.25) is 5.02 Å². The Bertz CT molecular complexity index is 553. The van der Waals surface area contributed by atoms with E-state index in [-0.39, 0.29) is 33.4 Å². The number of halogens is 3. The second kappa shape index (κ2) is 5.46. The van der Waals surface area contributed by atoms with Crippen molar-refractivity contribution in [3.05, 3.63) is 27.4 Å². The normalized spacial score (nSPS) is 18.8. The number of likely N-dealkylation sites (tertiary alicyclic amines) is 1. The second-order valence-electron chi connectivity index (χ2n) is 4.41. The first-order valence-corrected chi connectivity index (χ1v) is 6.75. The fraction of sp³-hybridized carbons (Fsp3) is 0.333. The van der Waals surface area contributed by atoms with Crippen LogP contribution < -0.4 is 5.32 Å². The molecule has 1 atom stereocenters. The first-order valence-electron chi connectivity index (χ1n) is 5.58. The lowest BCUT2D eigenvalue weighted by Gasteiger charge is -2.12. The van der Waals surface area contributed by atoms with Gasteiger partial charge >= 0.3 is 0 Å². The van der Waals surface area contributed by atoms with E-state index >= 15 is 0 Å². The number of amides is 2. The van der Waals surface area contributed by atoms with Crippen LogP contribution in [0.3, 0.4) is 0 Å². The van der Waals surface area contributed by atoms with E-state index in [4.69, 9.17) is 11.6 Å². The van der Waals surface area contributed by atoms with Crippen molar-refractivity contribution in [3.63, 3.8) is 0 Å². The van der Waals surface area contributed by atoms with Gasteiger partial charge < -0.3 is 10.2 Å². The molecule has 7 heteroatoms. The van der Waals surface area contributed by atoms with E-state index in [0.29, 0.717) is 6.54 Å². The lowest BCUT2D eigenvalue weighted by molar-refractivity contribution is -0.127. The molecular weight excluding hydrogens is 338 g/mol. The monoisotopic (exact) mass is 348 g/mol. The van der Waals surface area contributed by atoms with Crippen LogP contribution in [-0.4, -0.2) is 30.3 Å². The van der Waals surface area contributed by atoms with Crippen LogP contribution in [-0.2, 0) is 9.59 Å². The molecule has 1 aliphatic rings. The van der Waals surface area contributed by atoms with Crippen molar-refractivity contribution >= 4 is 45.0 Å². The highest BCUT2D eigenvalue weighted by molar-refractivity contribution is 9.10. The molecule has 0 spiro atoms. The number of hydrogen-bond donors (Lipinski definition) is 1. The molecule has 1 heterocycles. The minimum absolute atomic E-state index is 0.0757. The number of nitrogens with one attached hydrogen (secondary N) is 1. The van der Waals surface area contributed by atoms with E-state index < -0.39 is 11.7 Å². The molecule has 1 N–H and O–H groups in total. The maximum Gasteiger partial charge on any atom is 0.229 e. The Morgan fingerprint density at radius 1 is 1.58 bits per heavy atom. The minimum atomic E-state index is -0.515. The van der Waals surface area contributed by atoms with Crippen molar-refractivity contribution in [1.29, 1.82) is 0 Å². The first-order chi connectivity index (χ1) is 8.88. The predicted octanol–water partition coefficient (Wildman–Crippen LogP) is 2.66. The largest absolute Gasteiger partial charge is 0.345 e. The van der Waals surface area contributed by atoms with Gasteiger partial charge in [-0.05, 0) is 22.0 Å². The number of carbonyl (C=O) groups excluding carboxylic acids is 2. The second-order valence-corrected chi connectivity index (χ2v) is 5.67. The molecule has 0 radical (unpaired) electrons. The van der Waals surface area contributed by atoms with Crippen molar-refractivity contribution in [2.75, 3.05) is 18.9 Å². The van der Waals surface area contributed by atoms with E-state index in [0.717, 1.165) is 6.07 Å². The van der Waals surface area contributed by atoms with Gasteiger partial charge in [0.05, 0.1) is 21.1 Å². The Morgan fingerprint density at radius 2 is 2.26 bits per heavy atom. The summed E-state index contributed by atoms with van der Waals surface area (Å²) in [5.41, 5.74) is 0.203. The zero-order valence-corrected chi connectivity index (χ0v) is 12.4. The van der Waals surface area contributed by atoms with Gasteiger partial charge in [-0.2, -0.15) is 0 Å². The topological polar surface area (TPSA) is 49.4 Å². The van der Waals surface area contributed by atoms with E-state index in [1.165, 1.54) is 11.0 Å². The number of hydrogen-bond acceptors (Lipinski definition) is 2. The molecule has 0 saturated carbocycles. The summed E-state index contributed by atoms with van der Waals surface area (Å²) in [6, 6.07) is 2.52. The molecule has 2 rings (SSSR count). The Labute approximate surface area is 123 Å². The molecule has 102 valence electrons. The van der Waals surface area contributed by atoms with Crippen LogP contribution in [0.15, 0.2) is 16.6 Å². The van der Waals surface area contributed by atoms with Gasteiger partial charge in [0.25, 0.3) is 0 Å². The molecule has 1 fully saturated rings. The Balaban J connectivity index is 2.12. The molecule has 0 aromatic heterocycles. The van der Waals surface area contributed by atoms with Gasteiger partial charge in [0.2, 0.25) is 11.8 Å². The molecule has 1 aromatic carbocycles. The third-order valence-electron chi connectivity index (χ3n) is 2.98. The predicted molar refractivity (Wildman–Crippen MR) is 73.5 cm³/mol. The maximum absolute atomic E-state index is 13.4. The Kier molecular flexibility index (Phi) is 4.10. The van der Waals surface area contributed by atoms with Gasteiger partial charge in [-0.3, -0.25) is 9.59 Å². The highest BCUT2D eigenvalue weighted by Crippen LogP contribution is 2.29. The molecule has 1 aromatic rings. The zero-order chi connectivity index (χ0) is 14.2. The molecule has 2 amide bonds. The maximum atomic E-state index is 13.4. The number of rotatable bonds is 2. The average Bonchev–Trinajstić information content (AvgIpc) is 2.67. The molecule has 1 aliphatic heterocycles. The SMILES string of the molecule is CN1CC(C(=O)Nc2cc(F)c(Br)cc2Cl)CC1=O. The summed E-state index contributed by atoms with van der Waals surface area (Å²) >= 11 is 8.93. The van der Waals surface area contributed by atoms with Crippen LogP contribution in [0.4, 0.5) is 10.1 Å². The van der Waals surface area contributed by atoms with Gasteiger partial charge in [0.15, 0.2) is 0 Å². The average molecular weight is 350 g/mol. The minimum Gasteiger partial charge on any atom is -0.345 e. The molecular formula is C12H11BrClFN2O2. The zero-order valence-electron chi connectivity index (χ0n) is 10.0. The summed E-state index contributed by atoms with van der Waals surface area (Å²) in [4.78, 5) is 24.8. The number of nitrogens with zero attached hydrogens (tertiary/aromatic N) is 1. The molecule has 0 aliphatic carbocycles. The molecule has 1 unspecified atom stereocenters. The third-order valence-corrected chi connectivity index (χ3v) is 3.90. The van der Waals surface area contributed by atoms with Crippen molar-refractivity contribution in [2.45, 2.75) is 6.42 Å². The number of anilines is 1. The fourth-order valence-electron chi connectivity index (χ4n) is 1.89. The smallest absolute Gasteiger partial charge is 0.229 e. The van der Waals surface area contributed by atoms with Crippen molar-refractivity contribution in [2.24, 2.45) is 5.92 Å². The standard InChI is InChI=1S/C12H11BrClFN2O2/c1-17-5-6(2-11(17)18)12(19)16-10-4-9(15)7(13)3-8(10)14/h3-4,6H,2,5H2,1H3,(H,16,19). The van der Waals surface area contributed by atoms with Gasteiger partial charge in [-0.15, -0.1) is 0 Å². The van der Waals surface area contributed by atoms with Gasteiger partial charge in [0.1, 0.15) is 5.82 Å². The van der Waals surface area contributed by atoms with Crippen LogP contribution in [0.25, 0.3) is 0 Å². The van der Waals surface area contributed by atoms with E-state index in [9.17, 15) is 14.0 Å². The van der Waals surface area contributed by atoms with Crippen LogP contribution in [0.5, 0.6) is 0 Å². The molecule has 4 nitrogen and oxygen atoms in total. The summed E-state index contributed by atoms with van der Waals surface area (Å²) in [7, 11) is 1.64. The fourth-order valence-corrected chi connectivity index (χ4v) is 2.58. The van der Waals surface area contributed by atoms with Crippen molar-refractivity contribution in [3.8, 4) is 0 Å². The van der Waals surface area contributed by atoms with Crippen LogP contribution in [0, 0.1) is 11.7 Å². The van der Waals surface area contributed by atoms with Crippen LogP contribution in [0.1, 0.15) is 6.42 Å². The number of carbonyl (C=O) groups is 2. The van der Waals surface area contributed by atoms with Gasteiger partial charge in [-0.1, -0.05) is 11.6 Å². The summed E-state index contributed by atoms with van der Waals surface area (Å²) in [5, 5.41) is 2.79. The third kappa shape index (κ3) is 3.06. The summed E-state index contributed by atoms with van der Waals surface area (Å²) in [6.45, 7) is 0.362. The summed E-state index contributed by atoms with van der Waals surface area (Å²) in [5.74, 6) is -1.35. The Hall–Kier alpha value is -1.14. The lowest BCUT2D eigenvalue weighted by atomic mass is 10.1. The molecule has 0 bridgehead atoms. The van der Waals surface area contributed by atoms with E-state index in [2.05, 4.69) is 21.2 Å². The highest BCUT2D eigenvalue weighted by Gasteiger charge is 2.32. The van der Waals surface area contributed by atoms with Crippen molar-refractivity contribution in [1.82, 2.24) is 4.90 Å². The number of benzene rings is 1. The quantitative estimate of drug-likeness (QED) is 0.835. The highest BCUT2D eigenvalue weighted by atomic mass is 79.9. The van der Waals surface area contributed by atoms with Gasteiger partial charge in [0, 0.05) is 26.1 Å². The first kappa shape index (κ1) is 14.3.